The van der Waals surface area contributed by atoms with Gasteiger partial charge in [-0.1, -0.05) is 30.5 Å². The molecule has 232 valence electrons. The van der Waals surface area contributed by atoms with Crippen LogP contribution in [0.25, 0.3) is 0 Å². The van der Waals surface area contributed by atoms with Crippen LogP contribution in [0.3, 0.4) is 0 Å². The van der Waals surface area contributed by atoms with Crippen LogP contribution in [0.4, 0.5) is 9.18 Å². The van der Waals surface area contributed by atoms with E-state index in [0.29, 0.717) is 63.5 Å². The summed E-state index contributed by atoms with van der Waals surface area (Å²) < 4.78 is 30.6. The zero-order valence-electron chi connectivity index (χ0n) is 25.4. The highest BCUT2D eigenvalue weighted by Gasteiger charge is 2.38. The Morgan fingerprint density at radius 1 is 0.932 bits per heavy atom. The highest BCUT2D eigenvalue weighted by Crippen LogP contribution is 2.39. The Bertz CT molecular complexity index is 1590. The predicted octanol–water partition coefficient (Wildman–Crippen LogP) is 7.54. The minimum absolute atomic E-state index is 0.126. The topological polar surface area (TPSA) is 80.3 Å². The van der Waals surface area contributed by atoms with E-state index in [2.05, 4.69) is 5.32 Å². The number of likely N-dealkylation sites (tertiary alicyclic amines) is 1. The van der Waals surface area contributed by atoms with Crippen LogP contribution < -0.4 is 19.5 Å². The molecule has 3 aromatic rings. The summed E-state index contributed by atoms with van der Waals surface area (Å²) in [5.74, 6) is 1.68. The molecule has 1 unspecified atom stereocenters. The molecule has 3 aromatic carbocycles. The molecule has 0 bridgehead atoms. The zero-order valence-corrected chi connectivity index (χ0v) is 26.2. The van der Waals surface area contributed by atoms with Gasteiger partial charge >= 0.3 is 6.03 Å². The first-order chi connectivity index (χ1) is 21.2. The Hall–Kier alpha value is -4.24. The van der Waals surface area contributed by atoms with Crippen LogP contribution in [0, 0.1) is 12.7 Å². The van der Waals surface area contributed by atoms with Crippen molar-refractivity contribution in [3.63, 3.8) is 0 Å². The van der Waals surface area contributed by atoms with E-state index < -0.39 is 6.04 Å². The summed E-state index contributed by atoms with van der Waals surface area (Å²) in [5.41, 5.74) is 2.80. The number of aryl methyl sites for hydroxylation is 1. The molecule has 2 heterocycles. The summed E-state index contributed by atoms with van der Waals surface area (Å²) in [7, 11) is 3.14. The maximum atomic E-state index is 14.2. The Labute approximate surface area is 262 Å². The molecule has 0 radical (unpaired) electrons. The standard InChI is InChI=1S/C34H37ClFN3O5/c1-21-17-25(12-14-29(21)36)44-26-11-13-27(28(35)18-26)32-31(33(40)38-15-7-5-6-8-16-38)22(2)39(34(41)37-32)20-23-9-10-24(42-3)19-30(23)43-4/h9-14,17-19,32H,5-8,15-16,20H2,1-4H3,(H,37,41). The van der Waals surface area contributed by atoms with Crippen molar-refractivity contribution in [2.24, 2.45) is 0 Å². The lowest BCUT2D eigenvalue weighted by Gasteiger charge is -2.38. The maximum Gasteiger partial charge on any atom is 0.322 e. The SMILES string of the molecule is COc1ccc(CN2C(=O)NC(c3ccc(Oc4ccc(F)c(C)c4)cc3Cl)C(C(=O)N3CCCCCC3)=C2C)c(OC)c1. The second kappa shape index (κ2) is 13.6. The number of carbonyl (C=O) groups excluding carboxylic acids is 2. The zero-order chi connectivity index (χ0) is 31.4. The van der Waals surface area contributed by atoms with Crippen LogP contribution in [0.5, 0.6) is 23.0 Å². The lowest BCUT2D eigenvalue weighted by atomic mass is 9.93. The van der Waals surface area contributed by atoms with E-state index in [1.165, 1.54) is 6.07 Å². The smallest absolute Gasteiger partial charge is 0.322 e. The number of amides is 3. The van der Waals surface area contributed by atoms with Gasteiger partial charge in [0.1, 0.15) is 28.8 Å². The van der Waals surface area contributed by atoms with Crippen molar-refractivity contribution in [3.05, 3.63) is 93.4 Å². The van der Waals surface area contributed by atoms with Crippen LogP contribution >= 0.6 is 11.6 Å². The van der Waals surface area contributed by atoms with E-state index in [9.17, 15) is 14.0 Å². The Morgan fingerprint density at radius 2 is 1.61 bits per heavy atom. The minimum Gasteiger partial charge on any atom is -0.497 e. The number of methoxy groups -OCH3 is 2. The van der Waals surface area contributed by atoms with Crippen LogP contribution in [0.15, 0.2) is 65.9 Å². The molecular weight excluding hydrogens is 585 g/mol. The molecule has 0 aliphatic carbocycles. The molecule has 2 aliphatic heterocycles. The van der Waals surface area contributed by atoms with Crippen molar-refractivity contribution in [2.75, 3.05) is 27.3 Å². The van der Waals surface area contributed by atoms with Gasteiger partial charge in [0.05, 0.1) is 32.4 Å². The number of carbonyl (C=O) groups is 2. The number of ether oxygens (including phenoxy) is 3. The van der Waals surface area contributed by atoms with Crippen molar-refractivity contribution in [1.29, 1.82) is 0 Å². The van der Waals surface area contributed by atoms with E-state index in [-0.39, 0.29) is 24.3 Å². The largest absolute Gasteiger partial charge is 0.497 e. The van der Waals surface area contributed by atoms with E-state index in [1.54, 1.807) is 69.4 Å². The fourth-order valence-corrected chi connectivity index (χ4v) is 5.98. The Morgan fingerprint density at radius 3 is 2.27 bits per heavy atom. The lowest BCUT2D eigenvalue weighted by molar-refractivity contribution is -0.127. The van der Waals surface area contributed by atoms with E-state index in [1.807, 2.05) is 17.0 Å². The summed E-state index contributed by atoms with van der Waals surface area (Å²) >= 11 is 6.82. The molecule has 2 aliphatic rings. The monoisotopic (exact) mass is 621 g/mol. The first-order valence-electron chi connectivity index (χ1n) is 14.7. The number of allylic oxidation sites excluding steroid dienone is 1. The molecule has 1 fully saturated rings. The lowest BCUT2D eigenvalue weighted by Crippen LogP contribution is -2.49. The number of nitrogens with zero attached hydrogens (tertiary/aromatic N) is 2. The van der Waals surface area contributed by atoms with Gasteiger partial charge < -0.3 is 24.4 Å². The van der Waals surface area contributed by atoms with Crippen LogP contribution in [-0.4, -0.2) is 49.0 Å². The van der Waals surface area contributed by atoms with E-state index in [0.717, 1.165) is 31.2 Å². The molecule has 44 heavy (non-hydrogen) atoms. The third-order valence-electron chi connectivity index (χ3n) is 8.19. The molecule has 10 heteroatoms. The molecule has 0 saturated carbocycles. The van der Waals surface area contributed by atoms with Gasteiger partial charge in [0.15, 0.2) is 0 Å². The van der Waals surface area contributed by atoms with Gasteiger partial charge in [0, 0.05) is 35.4 Å². The molecule has 1 N–H and O–H groups in total. The van der Waals surface area contributed by atoms with Crippen molar-refractivity contribution < 1.29 is 28.2 Å². The average molecular weight is 622 g/mol. The van der Waals surface area contributed by atoms with Crippen molar-refractivity contribution in [1.82, 2.24) is 15.1 Å². The number of benzene rings is 3. The van der Waals surface area contributed by atoms with Crippen molar-refractivity contribution in [3.8, 4) is 23.0 Å². The predicted molar refractivity (Wildman–Crippen MR) is 167 cm³/mol. The average Bonchev–Trinajstić information content (AvgIpc) is 3.30. The second-order valence-corrected chi connectivity index (χ2v) is 11.5. The normalized spacial score (nSPS) is 17.2. The number of rotatable bonds is 8. The van der Waals surface area contributed by atoms with E-state index >= 15 is 0 Å². The first-order valence-corrected chi connectivity index (χ1v) is 15.1. The van der Waals surface area contributed by atoms with Crippen molar-refractivity contribution >= 4 is 23.5 Å². The van der Waals surface area contributed by atoms with E-state index in [4.69, 9.17) is 25.8 Å². The van der Waals surface area contributed by atoms with Gasteiger partial charge in [-0.05, 0) is 80.3 Å². The minimum atomic E-state index is -0.776. The summed E-state index contributed by atoms with van der Waals surface area (Å²) in [6.45, 7) is 4.96. The van der Waals surface area contributed by atoms with Gasteiger partial charge in [0.25, 0.3) is 5.91 Å². The third-order valence-corrected chi connectivity index (χ3v) is 8.52. The van der Waals surface area contributed by atoms with Crippen LogP contribution in [-0.2, 0) is 11.3 Å². The second-order valence-electron chi connectivity index (χ2n) is 11.0. The third kappa shape index (κ3) is 6.63. The Balaban J connectivity index is 1.51. The van der Waals surface area contributed by atoms with Gasteiger partial charge in [-0.25, -0.2) is 9.18 Å². The Kier molecular flexibility index (Phi) is 9.64. The number of hydrogen-bond donors (Lipinski definition) is 1. The number of nitrogens with one attached hydrogen (secondary N) is 1. The summed E-state index contributed by atoms with van der Waals surface area (Å²) in [4.78, 5) is 31.4. The summed E-state index contributed by atoms with van der Waals surface area (Å²) in [5, 5.41) is 3.38. The van der Waals surface area contributed by atoms with Crippen LogP contribution in [0.2, 0.25) is 5.02 Å². The molecule has 3 amide bonds. The maximum absolute atomic E-state index is 14.2. The van der Waals surface area contributed by atoms with Crippen molar-refractivity contribution in [2.45, 2.75) is 52.1 Å². The van der Waals surface area contributed by atoms with Crippen LogP contribution in [0.1, 0.15) is 55.3 Å². The number of hydrogen-bond acceptors (Lipinski definition) is 5. The quantitative estimate of drug-likeness (QED) is 0.281. The van der Waals surface area contributed by atoms with Gasteiger partial charge in [0.2, 0.25) is 0 Å². The van der Waals surface area contributed by atoms with Gasteiger partial charge in [-0.2, -0.15) is 0 Å². The van der Waals surface area contributed by atoms with Gasteiger partial charge in [-0.15, -0.1) is 0 Å². The summed E-state index contributed by atoms with van der Waals surface area (Å²) in [6.07, 6.45) is 4.01. The molecule has 5 rings (SSSR count). The fraction of sp³-hybridized carbons (Fsp3) is 0.353. The van der Waals surface area contributed by atoms with Gasteiger partial charge in [-0.3, -0.25) is 9.69 Å². The number of urea groups is 1. The number of halogens is 2. The highest BCUT2D eigenvalue weighted by atomic mass is 35.5. The molecule has 0 aromatic heterocycles. The highest BCUT2D eigenvalue weighted by molar-refractivity contribution is 6.31. The molecule has 8 nitrogen and oxygen atoms in total. The summed E-state index contributed by atoms with van der Waals surface area (Å²) in [6, 6.07) is 13.9. The molecule has 1 atom stereocenters. The molecule has 0 spiro atoms. The fourth-order valence-electron chi connectivity index (χ4n) is 5.70. The molecule has 1 saturated heterocycles. The first kappa shape index (κ1) is 31.2. The molecular formula is C34H37ClFN3O5.